The highest BCUT2D eigenvalue weighted by Crippen LogP contribution is 2.34. The number of nitrogens with zero attached hydrogens (tertiary/aromatic N) is 4. The summed E-state index contributed by atoms with van der Waals surface area (Å²) in [4.78, 5) is 21.4. The van der Waals surface area contributed by atoms with E-state index in [0.29, 0.717) is 24.2 Å². The molecule has 0 unspecified atom stereocenters. The molecule has 0 bridgehead atoms. The molecular weight excluding hydrogens is 320 g/mol. The molecule has 8 nitrogen and oxygen atoms in total. The fraction of sp³-hybridized carbons (Fsp3) is 0.412. The summed E-state index contributed by atoms with van der Waals surface area (Å²) in [5.41, 5.74) is 6.73. The van der Waals surface area contributed by atoms with Crippen LogP contribution in [0.1, 0.15) is 25.3 Å². The molecule has 1 fully saturated rings. The van der Waals surface area contributed by atoms with Crippen LogP contribution in [0.2, 0.25) is 0 Å². The molecule has 0 amide bonds. The zero-order valence-corrected chi connectivity index (χ0v) is 14.2. The smallest absolute Gasteiger partial charge is 0.353 e. The van der Waals surface area contributed by atoms with Gasteiger partial charge in [0.15, 0.2) is 0 Å². The van der Waals surface area contributed by atoms with Crippen molar-refractivity contribution in [1.82, 2.24) is 9.97 Å². The number of aromatic nitrogens is 2. The summed E-state index contributed by atoms with van der Waals surface area (Å²) in [7, 11) is 0. The van der Waals surface area contributed by atoms with Crippen LogP contribution in [0.25, 0.3) is 0 Å². The van der Waals surface area contributed by atoms with E-state index in [0.717, 1.165) is 31.5 Å². The van der Waals surface area contributed by atoms with Gasteiger partial charge in [-0.05, 0) is 24.3 Å². The average Bonchev–Trinajstić information content (AvgIpc) is 2.60. The number of piperidine rings is 1. The summed E-state index contributed by atoms with van der Waals surface area (Å²) in [5.74, 6) is 0.967. The molecule has 1 saturated heterocycles. The third kappa shape index (κ3) is 3.96. The van der Waals surface area contributed by atoms with E-state index in [1.807, 2.05) is 35.2 Å². The van der Waals surface area contributed by atoms with Crippen molar-refractivity contribution in [2.45, 2.75) is 26.3 Å². The summed E-state index contributed by atoms with van der Waals surface area (Å²) >= 11 is 0. The minimum Gasteiger partial charge on any atom is -0.378 e. The molecule has 1 aromatic carbocycles. The van der Waals surface area contributed by atoms with Crippen molar-refractivity contribution >= 4 is 23.3 Å². The van der Waals surface area contributed by atoms with Crippen molar-refractivity contribution in [3.63, 3.8) is 0 Å². The Morgan fingerprint density at radius 1 is 1.36 bits per heavy atom. The number of hydrogen-bond acceptors (Lipinski definition) is 7. The van der Waals surface area contributed by atoms with Crippen LogP contribution in [0.4, 0.5) is 23.3 Å². The molecule has 1 atom stereocenters. The van der Waals surface area contributed by atoms with E-state index in [1.165, 1.54) is 0 Å². The summed E-state index contributed by atoms with van der Waals surface area (Å²) in [6.45, 7) is 4.13. The van der Waals surface area contributed by atoms with Crippen LogP contribution in [0.5, 0.6) is 0 Å². The standard InChI is InChI=1S/C17H22N6O2/c1-12-6-5-9-22(11-12)16-14(23(24)25)15(18)20-17(21-16)19-10-13-7-3-2-4-8-13/h2-4,7-8,12H,5-6,9-11H2,1H3,(H3,18,19,20,21)/t12-/m1/s1. The van der Waals surface area contributed by atoms with E-state index in [1.54, 1.807) is 0 Å². The Hall–Kier alpha value is -2.90. The van der Waals surface area contributed by atoms with E-state index < -0.39 is 4.92 Å². The maximum atomic E-state index is 11.5. The van der Waals surface area contributed by atoms with E-state index in [9.17, 15) is 10.1 Å². The van der Waals surface area contributed by atoms with Gasteiger partial charge in [0.2, 0.25) is 17.6 Å². The van der Waals surface area contributed by atoms with E-state index in [-0.39, 0.29) is 11.5 Å². The second kappa shape index (κ2) is 7.33. The van der Waals surface area contributed by atoms with Crippen molar-refractivity contribution in [3.05, 3.63) is 46.0 Å². The van der Waals surface area contributed by atoms with E-state index in [4.69, 9.17) is 5.73 Å². The number of hydrogen-bond donors (Lipinski definition) is 2. The van der Waals surface area contributed by atoms with Crippen LogP contribution in [-0.4, -0.2) is 28.0 Å². The largest absolute Gasteiger partial charge is 0.378 e. The lowest BCUT2D eigenvalue weighted by Crippen LogP contribution is -2.35. The van der Waals surface area contributed by atoms with Gasteiger partial charge < -0.3 is 16.0 Å². The Morgan fingerprint density at radius 2 is 2.12 bits per heavy atom. The molecule has 1 aromatic heterocycles. The molecule has 132 valence electrons. The second-order valence-corrected chi connectivity index (χ2v) is 6.39. The zero-order chi connectivity index (χ0) is 17.8. The highest BCUT2D eigenvalue weighted by molar-refractivity contribution is 5.71. The van der Waals surface area contributed by atoms with E-state index >= 15 is 0 Å². The van der Waals surface area contributed by atoms with Crippen LogP contribution in [0.15, 0.2) is 30.3 Å². The van der Waals surface area contributed by atoms with Gasteiger partial charge >= 0.3 is 5.69 Å². The van der Waals surface area contributed by atoms with Crippen molar-refractivity contribution in [2.24, 2.45) is 5.92 Å². The van der Waals surface area contributed by atoms with Gasteiger partial charge in [0.05, 0.1) is 4.92 Å². The van der Waals surface area contributed by atoms with Crippen LogP contribution in [-0.2, 0) is 6.54 Å². The number of benzene rings is 1. The first-order valence-electron chi connectivity index (χ1n) is 8.39. The maximum Gasteiger partial charge on any atom is 0.353 e. The number of nitrogen functional groups attached to an aromatic ring is 1. The third-order valence-electron chi connectivity index (χ3n) is 4.33. The van der Waals surface area contributed by atoms with Gasteiger partial charge in [-0.25, -0.2) is 0 Å². The molecule has 8 heteroatoms. The van der Waals surface area contributed by atoms with Crippen molar-refractivity contribution in [1.29, 1.82) is 0 Å². The van der Waals surface area contributed by atoms with Crippen LogP contribution in [0, 0.1) is 16.0 Å². The van der Waals surface area contributed by atoms with E-state index in [2.05, 4.69) is 22.2 Å². The van der Waals surface area contributed by atoms with Gasteiger partial charge in [0.1, 0.15) is 0 Å². The normalized spacial score (nSPS) is 17.3. The number of rotatable bonds is 5. The maximum absolute atomic E-state index is 11.5. The Balaban J connectivity index is 1.88. The molecule has 1 aliphatic heterocycles. The van der Waals surface area contributed by atoms with Crippen molar-refractivity contribution in [3.8, 4) is 0 Å². The summed E-state index contributed by atoms with van der Waals surface area (Å²) in [6.07, 6.45) is 2.10. The fourth-order valence-electron chi connectivity index (χ4n) is 3.09. The predicted octanol–water partition coefficient (Wildman–Crippen LogP) is 2.82. The molecule has 1 aliphatic rings. The molecule has 2 heterocycles. The molecule has 0 spiro atoms. The zero-order valence-electron chi connectivity index (χ0n) is 14.2. The molecule has 0 radical (unpaired) electrons. The lowest BCUT2D eigenvalue weighted by Gasteiger charge is -2.31. The highest BCUT2D eigenvalue weighted by Gasteiger charge is 2.29. The number of nitrogens with one attached hydrogen (secondary N) is 1. The number of nitrogens with two attached hydrogens (primary N) is 1. The Morgan fingerprint density at radius 3 is 2.80 bits per heavy atom. The van der Waals surface area contributed by atoms with Gasteiger partial charge in [-0.1, -0.05) is 37.3 Å². The monoisotopic (exact) mass is 342 g/mol. The Kier molecular flexibility index (Phi) is 4.97. The summed E-state index contributed by atoms with van der Waals surface area (Å²) < 4.78 is 0. The number of anilines is 3. The van der Waals surface area contributed by atoms with Crippen molar-refractivity contribution < 1.29 is 4.92 Å². The summed E-state index contributed by atoms with van der Waals surface area (Å²) in [6, 6.07) is 9.80. The van der Waals surface area contributed by atoms with Gasteiger partial charge in [-0.2, -0.15) is 9.97 Å². The molecule has 0 aliphatic carbocycles. The SMILES string of the molecule is C[C@@H]1CCCN(c2nc(NCc3ccccc3)nc(N)c2[N+](=O)[O-])C1. The van der Waals surface area contributed by atoms with Crippen LogP contribution in [0.3, 0.4) is 0 Å². The minimum absolute atomic E-state index is 0.108. The Bertz CT molecular complexity index is 752. The number of nitro groups is 1. The first-order valence-corrected chi connectivity index (χ1v) is 8.39. The van der Waals surface area contributed by atoms with Crippen LogP contribution < -0.4 is 16.0 Å². The lowest BCUT2D eigenvalue weighted by molar-refractivity contribution is -0.383. The molecule has 2 aromatic rings. The molecule has 25 heavy (non-hydrogen) atoms. The average molecular weight is 342 g/mol. The second-order valence-electron chi connectivity index (χ2n) is 6.39. The molecule has 3 rings (SSSR count). The topological polar surface area (TPSA) is 110 Å². The molecule has 0 saturated carbocycles. The van der Waals surface area contributed by atoms with Crippen molar-refractivity contribution in [2.75, 3.05) is 29.0 Å². The van der Waals surface area contributed by atoms with Crippen LogP contribution >= 0.6 is 0 Å². The quantitative estimate of drug-likeness (QED) is 0.635. The molecular formula is C17H22N6O2. The highest BCUT2D eigenvalue weighted by atomic mass is 16.6. The predicted molar refractivity (Wildman–Crippen MR) is 97.5 cm³/mol. The summed E-state index contributed by atoms with van der Waals surface area (Å²) in [5, 5.41) is 14.6. The van der Waals surface area contributed by atoms with Gasteiger partial charge in [-0.3, -0.25) is 10.1 Å². The molecule has 3 N–H and O–H groups in total. The van der Waals surface area contributed by atoms with Gasteiger partial charge in [0.25, 0.3) is 0 Å². The van der Waals surface area contributed by atoms with Gasteiger partial charge in [0, 0.05) is 19.6 Å². The van der Waals surface area contributed by atoms with Gasteiger partial charge in [-0.15, -0.1) is 0 Å². The third-order valence-corrected chi connectivity index (χ3v) is 4.33. The Labute approximate surface area is 146 Å². The first kappa shape index (κ1) is 16.9. The first-order chi connectivity index (χ1) is 12.0. The lowest BCUT2D eigenvalue weighted by atomic mass is 10.0. The minimum atomic E-state index is -0.495. The fourth-order valence-corrected chi connectivity index (χ4v) is 3.09.